The van der Waals surface area contributed by atoms with Crippen molar-refractivity contribution in [1.82, 2.24) is 10.2 Å². The minimum atomic E-state index is -0.662. The third kappa shape index (κ3) is 7.62. The molecule has 0 aromatic heterocycles. The van der Waals surface area contributed by atoms with Crippen LogP contribution in [-0.2, 0) is 29.0 Å². The summed E-state index contributed by atoms with van der Waals surface area (Å²) in [5, 5.41) is 4.23. The molecule has 0 bridgehead atoms. The van der Waals surface area contributed by atoms with Crippen LogP contribution in [0.5, 0.6) is 0 Å². The van der Waals surface area contributed by atoms with Gasteiger partial charge < -0.3 is 10.2 Å². The van der Waals surface area contributed by atoms with Crippen LogP contribution in [-0.4, -0.2) is 28.8 Å². The van der Waals surface area contributed by atoms with Crippen molar-refractivity contribution in [3.05, 3.63) is 106 Å². The molecule has 0 unspecified atom stereocenters. The molecular weight excluding hydrogens is 455 g/mol. The lowest BCUT2D eigenvalue weighted by atomic mass is 10.0. The molecule has 0 aliphatic carbocycles. The maximum atomic E-state index is 13.6. The van der Waals surface area contributed by atoms with Crippen molar-refractivity contribution in [3.63, 3.8) is 0 Å². The molecule has 0 aliphatic rings. The zero-order chi connectivity index (χ0) is 23.8. The van der Waals surface area contributed by atoms with Gasteiger partial charge in [-0.2, -0.15) is 0 Å². The van der Waals surface area contributed by atoms with Crippen LogP contribution >= 0.6 is 23.2 Å². The Morgan fingerprint density at radius 2 is 1.33 bits per heavy atom. The fourth-order valence-electron chi connectivity index (χ4n) is 3.60. The summed E-state index contributed by atoms with van der Waals surface area (Å²) in [5.41, 5.74) is 2.73. The number of hydrogen-bond donors (Lipinski definition) is 1. The highest BCUT2D eigenvalue weighted by atomic mass is 35.5. The highest BCUT2D eigenvalue weighted by molar-refractivity contribution is 6.30. The number of amides is 2. The molecule has 6 heteroatoms. The van der Waals surface area contributed by atoms with Gasteiger partial charge in [-0.1, -0.05) is 77.8 Å². The van der Waals surface area contributed by atoms with E-state index in [1.165, 1.54) is 0 Å². The van der Waals surface area contributed by atoms with Gasteiger partial charge in [0.05, 0.1) is 6.42 Å². The first-order chi connectivity index (χ1) is 15.8. The third-order valence-corrected chi connectivity index (χ3v) is 5.74. The lowest BCUT2D eigenvalue weighted by Gasteiger charge is -2.32. The molecule has 3 rings (SSSR count). The van der Waals surface area contributed by atoms with Crippen LogP contribution < -0.4 is 5.32 Å². The predicted molar refractivity (Wildman–Crippen MR) is 134 cm³/mol. The van der Waals surface area contributed by atoms with Gasteiger partial charge in [-0.25, -0.2) is 0 Å². The van der Waals surface area contributed by atoms with Gasteiger partial charge in [0.2, 0.25) is 11.8 Å². The summed E-state index contributed by atoms with van der Waals surface area (Å²) in [5.74, 6) is -0.306. The maximum Gasteiger partial charge on any atom is 0.243 e. The predicted octanol–water partition coefficient (Wildman–Crippen LogP) is 5.70. The molecule has 0 spiro atoms. The number of halogens is 2. The normalized spacial score (nSPS) is 11.8. The first-order valence-electron chi connectivity index (χ1n) is 10.9. The van der Waals surface area contributed by atoms with Crippen molar-refractivity contribution in [2.45, 2.75) is 45.3 Å². The molecule has 1 atom stereocenters. The smallest absolute Gasteiger partial charge is 0.243 e. The van der Waals surface area contributed by atoms with E-state index in [0.717, 1.165) is 16.7 Å². The first-order valence-corrected chi connectivity index (χ1v) is 11.7. The summed E-state index contributed by atoms with van der Waals surface area (Å²) in [7, 11) is 0. The Bertz CT molecular complexity index is 1050. The van der Waals surface area contributed by atoms with E-state index in [0.29, 0.717) is 23.0 Å². The Balaban J connectivity index is 1.95. The first kappa shape index (κ1) is 24.8. The van der Waals surface area contributed by atoms with E-state index in [-0.39, 0.29) is 24.3 Å². The minimum absolute atomic E-state index is 0.0421. The second-order valence-electron chi connectivity index (χ2n) is 8.32. The fraction of sp³-hybridized carbons (Fsp3) is 0.259. The van der Waals surface area contributed by atoms with E-state index >= 15 is 0 Å². The zero-order valence-corrected chi connectivity index (χ0v) is 20.3. The lowest BCUT2D eigenvalue weighted by Crippen LogP contribution is -2.52. The number of carbonyl (C=O) groups is 2. The molecule has 1 N–H and O–H groups in total. The van der Waals surface area contributed by atoms with Gasteiger partial charge in [-0.3, -0.25) is 9.59 Å². The second kappa shape index (κ2) is 11.9. The molecule has 0 saturated heterocycles. The topological polar surface area (TPSA) is 49.4 Å². The number of carbonyl (C=O) groups excluding carboxylic acids is 2. The molecule has 0 heterocycles. The summed E-state index contributed by atoms with van der Waals surface area (Å²) in [6.45, 7) is 4.12. The minimum Gasteiger partial charge on any atom is -0.352 e. The monoisotopic (exact) mass is 482 g/mol. The highest BCUT2D eigenvalue weighted by Crippen LogP contribution is 2.19. The number of nitrogens with one attached hydrogen (secondary N) is 1. The van der Waals surface area contributed by atoms with E-state index in [2.05, 4.69) is 5.32 Å². The summed E-state index contributed by atoms with van der Waals surface area (Å²) < 4.78 is 0. The SMILES string of the molecule is CC(C)NC(=O)[C@H](Cc1ccccc1)N(Cc1ccc(Cl)cc1)C(=O)Cc1ccc(Cl)cc1. The van der Waals surface area contributed by atoms with Gasteiger partial charge in [0.25, 0.3) is 0 Å². The Morgan fingerprint density at radius 3 is 1.88 bits per heavy atom. The van der Waals surface area contributed by atoms with E-state index in [1.807, 2.05) is 68.4 Å². The van der Waals surface area contributed by atoms with E-state index in [9.17, 15) is 9.59 Å². The molecule has 4 nitrogen and oxygen atoms in total. The van der Waals surface area contributed by atoms with Crippen LogP contribution in [0.3, 0.4) is 0 Å². The standard InChI is InChI=1S/C27H28Cl2N2O2/c1-19(2)30-27(33)25(16-20-6-4-3-5-7-20)31(18-22-10-14-24(29)15-11-22)26(32)17-21-8-12-23(28)13-9-21/h3-15,19,25H,16-18H2,1-2H3,(H,30,33)/t25-/m0/s1. The van der Waals surface area contributed by atoms with Crippen molar-refractivity contribution in [2.24, 2.45) is 0 Å². The molecule has 172 valence electrons. The highest BCUT2D eigenvalue weighted by Gasteiger charge is 2.30. The van der Waals surface area contributed by atoms with Gasteiger partial charge in [-0.15, -0.1) is 0 Å². The lowest BCUT2D eigenvalue weighted by molar-refractivity contribution is -0.141. The second-order valence-corrected chi connectivity index (χ2v) is 9.19. The number of benzene rings is 3. The number of hydrogen-bond acceptors (Lipinski definition) is 2. The van der Waals surface area contributed by atoms with Crippen molar-refractivity contribution in [1.29, 1.82) is 0 Å². The van der Waals surface area contributed by atoms with Gasteiger partial charge in [0, 0.05) is 29.1 Å². The summed E-state index contributed by atoms with van der Waals surface area (Å²) in [6.07, 6.45) is 0.588. The average molecular weight is 483 g/mol. The van der Waals surface area contributed by atoms with Crippen LogP contribution in [0.2, 0.25) is 10.0 Å². The fourth-order valence-corrected chi connectivity index (χ4v) is 3.85. The Kier molecular flexibility index (Phi) is 8.93. The molecule has 0 fully saturated rings. The van der Waals surface area contributed by atoms with E-state index < -0.39 is 6.04 Å². The van der Waals surface area contributed by atoms with Crippen molar-refractivity contribution >= 4 is 35.0 Å². The number of rotatable bonds is 9. The molecule has 33 heavy (non-hydrogen) atoms. The van der Waals surface area contributed by atoms with Crippen LogP contribution in [0.15, 0.2) is 78.9 Å². The molecule has 0 saturated carbocycles. The van der Waals surface area contributed by atoms with Crippen molar-refractivity contribution in [2.75, 3.05) is 0 Å². The maximum absolute atomic E-state index is 13.6. The molecule has 0 aliphatic heterocycles. The van der Waals surface area contributed by atoms with E-state index in [1.54, 1.807) is 29.2 Å². The number of nitrogens with zero attached hydrogens (tertiary/aromatic N) is 1. The Hall–Kier alpha value is -2.82. The van der Waals surface area contributed by atoms with Crippen molar-refractivity contribution < 1.29 is 9.59 Å². The zero-order valence-electron chi connectivity index (χ0n) is 18.8. The van der Waals surface area contributed by atoms with Crippen LogP contribution in [0.1, 0.15) is 30.5 Å². The van der Waals surface area contributed by atoms with E-state index in [4.69, 9.17) is 23.2 Å². The van der Waals surface area contributed by atoms with Crippen LogP contribution in [0, 0.1) is 0 Å². The molecule has 3 aromatic rings. The summed E-state index contributed by atoms with van der Waals surface area (Å²) >= 11 is 12.1. The quantitative estimate of drug-likeness (QED) is 0.425. The van der Waals surface area contributed by atoms with Crippen LogP contribution in [0.4, 0.5) is 0 Å². The molecule has 0 radical (unpaired) electrons. The summed E-state index contributed by atoms with van der Waals surface area (Å²) in [6, 6.07) is 23.6. The summed E-state index contributed by atoms with van der Waals surface area (Å²) in [4.78, 5) is 28.5. The molecule has 3 aromatic carbocycles. The third-order valence-electron chi connectivity index (χ3n) is 5.24. The Labute approximate surface area is 205 Å². The molecular formula is C27H28Cl2N2O2. The van der Waals surface area contributed by atoms with Gasteiger partial charge in [-0.05, 0) is 54.8 Å². The van der Waals surface area contributed by atoms with Gasteiger partial charge in [0.15, 0.2) is 0 Å². The van der Waals surface area contributed by atoms with Crippen molar-refractivity contribution in [3.8, 4) is 0 Å². The van der Waals surface area contributed by atoms with Crippen LogP contribution in [0.25, 0.3) is 0 Å². The average Bonchev–Trinajstić information content (AvgIpc) is 2.79. The van der Waals surface area contributed by atoms with Gasteiger partial charge >= 0.3 is 0 Å². The largest absolute Gasteiger partial charge is 0.352 e. The molecule has 2 amide bonds. The van der Waals surface area contributed by atoms with Gasteiger partial charge in [0.1, 0.15) is 6.04 Å². The Morgan fingerprint density at radius 1 is 0.788 bits per heavy atom.